The van der Waals surface area contributed by atoms with Gasteiger partial charge in [-0.1, -0.05) is 0 Å². The maximum absolute atomic E-state index is 12.0. The van der Waals surface area contributed by atoms with Gasteiger partial charge in [0.2, 0.25) is 0 Å². The highest BCUT2D eigenvalue weighted by Crippen LogP contribution is 2.37. The van der Waals surface area contributed by atoms with E-state index in [-0.39, 0.29) is 5.97 Å². The van der Waals surface area contributed by atoms with Crippen LogP contribution in [-0.2, 0) is 9.53 Å². The van der Waals surface area contributed by atoms with E-state index in [1.807, 2.05) is 0 Å². The van der Waals surface area contributed by atoms with Crippen molar-refractivity contribution < 1.29 is 9.53 Å². The fourth-order valence-electron chi connectivity index (χ4n) is 2.32. The van der Waals surface area contributed by atoms with E-state index in [1.165, 1.54) is 0 Å². The third-order valence-electron chi connectivity index (χ3n) is 3.43. The van der Waals surface area contributed by atoms with Gasteiger partial charge >= 0.3 is 5.97 Å². The Balaban J connectivity index is 2.03. The molecule has 100 valence electrons. The van der Waals surface area contributed by atoms with E-state index >= 15 is 0 Å². The summed E-state index contributed by atoms with van der Waals surface area (Å²) in [4.78, 5) is 14.1. The van der Waals surface area contributed by atoms with Crippen LogP contribution in [0, 0.1) is 0 Å². The Kier molecular flexibility index (Phi) is 2.85. The highest BCUT2D eigenvalue weighted by molar-refractivity contribution is 6.00. The molecule has 1 aliphatic heterocycles. The lowest BCUT2D eigenvalue weighted by atomic mass is 10.0. The van der Waals surface area contributed by atoms with Crippen molar-refractivity contribution in [1.82, 2.24) is 10.2 Å². The Bertz CT molecular complexity index is 551. The van der Waals surface area contributed by atoms with E-state index in [2.05, 4.69) is 15.1 Å². The van der Waals surface area contributed by atoms with E-state index < -0.39 is 0 Å². The van der Waals surface area contributed by atoms with Crippen LogP contribution in [0.2, 0.25) is 0 Å². The first kappa shape index (κ1) is 12.0. The van der Waals surface area contributed by atoms with Crippen molar-refractivity contribution in [3.63, 3.8) is 0 Å². The number of hydrogen-bond acceptors (Lipinski definition) is 6. The third kappa shape index (κ3) is 2.03. The molecule has 2 N–H and O–H groups in total. The van der Waals surface area contributed by atoms with E-state index in [9.17, 15) is 4.79 Å². The SMILES string of the molecule is CCOC(=O)C1=C(N)c2ccnnc2N(C2CC2)C1. The number of aromatic nitrogens is 2. The summed E-state index contributed by atoms with van der Waals surface area (Å²) in [5.74, 6) is 0.434. The number of hydrogen-bond donors (Lipinski definition) is 1. The maximum Gasteiger partial charge on any atom is 0.337 e. The largest absolute Gasteiger partial charge is 0.463 e. The molecule has 0 unspecified atom stereocenters. The number of ether oxygens (including phenoxy) is 1. The molecule has 0 amide bonds. The fourth-order valence-corrected chi connectivity index (χ4v) is 2.32. The lowest BCUT2D eigenvalue weighted by molar-refractivity contribution is -0.138. The lowest BCUT2D eigenvalue weighted by Crippen LogP contribution is -2.37. The number of carbonyl (C=O) groups is 1. The summed E-state index contributed by atoms with van der Waals surface area (Å²) in [6, 6.07) is 2.23. The zero-order chi connectivity index (χ0) is 13.4. The Morgan fingerprint density at radius 3 is 3.05 bits per heavy atom. The number of carbonyl (C=O) groups excluding carboxylic acids is 1. The second-order valence-electron chi connectivity index (χ2n) is 4.74. The standard InChI is InChI=1S/C13H16N4O2/c1-2-19-13(18)10-7-17(8-3-4-8)12-9(11(10)14)5-6-15-16-12/h5-6,8H,2-4,7,14H2,1H3. The molecule has 3 rings (SSSR count). The van der Waals surface area contributed by atoms with Crippen molar-refractivity contribution >= 4 is 17.5 Å². The average Bonchev–Trinajstić information content (AvgIpc) is 3.24. The highest BCUT2D eigenvalue weighted by atomic mass is 16.5. The molecular formula is C13H16N4O2. The van der Waals surface area contributed by atoms with Crippen molar-refractivity contribution in [2.24, 2.45) is 5.73 Å². The summed E-state index contributed by atoms with van der Waals surface area (Å²) in [6.07, 6.45) is 3.82. The monoisotopic (exact) mass is 260 g/mol. The number of rotatable bonds is 3. The van der Waals surface area contributed by atoms with Gasteiger partial charge in [0.25, 0.3) is 0 Å². The fraction of sp³-hybridized carbons (Fsp3) is 0.462. The van der Waals surface area contributed by atoms with Crippen LogP contribution in [0.3, 0.4) is 0 Å². The minimum absolute atomic E-state index is 0.340. The first-order valence-corrected chi connectivity index (χ1v) is 6.46. The van der Waals surface area contributed by atoms with E-state index in [0.29, 0.717) is 30.5 Å². The van der Waals surface area contributed by atoms with E-state index in [4.69, 9.17) is 10.5 Å². The summed E-state index contributed by atoms with van der Waals surface area (Å²) in [5, 5.41) is 8.07. The van der Waals surface area contributed by atoms with Crippen molar-refractivity contribution in [3.8, 4) is 0 Å². The zero-order valence-corrected chi connectivity index (χ0v) is 10.8. The summed E-state index contributed by atoms with van der Waals surface area (Å²) in [7, 11) is 0. The van der Waals surface area contributed by atoms with E-state index in [1.54, 1.807) is 19.2 Å². The first-order chi connectivity index (χ1) is 9.22. The molecule has 1 saturated carbocycles. The highest BCUT2D eigenvalue weighted by Gasteiger charge is 2.37. The van der Waals surface area contributed by atoms with Crippen LogP contribution in [0.5, 0.6) is 0 Å². The molecule has 19 heavy (non-hydrogen) atoms. The van der Waals surface area contributed by atoms with Crippen molar-refractivity contribution in [2.45, 2.75) is 25.8 Å². The summed E-state index contributed by atoms with van der Waals surface area (Å²) in [5.41, 5.74) is 7.84. The Morgan fingerprint density at radius 2 is 2.37 bits per heavy atom. The molecule has 0 aromatic carbocycles. The van der Waals surface area contributed by atoms with Gasteiger partial charge in [0, 0.05) is 11.6 Å². The minimum atomic E-state index is -0.340. The molecule has 0 spiro atoms. The van der Waals surface area contributed by atoms with Gasteiger partial charge in [-0.25, -0.2) is 4.79 Å². The Hall–Kier alpha value is -2.11. The lowest BCUT2D eigenvalue weighted by Gasteiger charge is -2.30. The second-order valence-corrected chi connectivity index (χ2v) is 4.74. The molecule has 0 atom stereocenters. The Labute approximate surface area is 111 Å². The van der Waals surface area contributed by atoms with Gasteiger partial charge in [0.05, 0.1) is 30.6 Å². The molecule has 0 saturated heterocycles. The van der Waals surface area contributed by atoms with Gasteiger partial charge in [-0.3, -0.25) is 0 Å². The third-order valence-corrected chi connectivity index (χ3v) is 3.43. The molecule has 6 nitrogen and oxygen atoms in total. The van der Waals surface area contributed by atoms with Gasteiger partial charge < -0.3 is 15.4 Å². The average molecular weight is 260 g/mol. The molecule has 6 heteroatoms. The number of anilines is 1. The predicted molar refractivity (Wildman–Crippen MR) is 70.1 cm³/mol. The normalized spacial score (nSPS) is 18.3. The van der Waals surface area contributed by atoms with Gasteiger partial charge in [-0.15, -0.1) is 5.10 Å². The van der Waals surface area contributed by atoms with Gasteiger partial charge in [0.1, 0.15) is 0 Å². The summed E-state index contributed by atoms with van der Waals surface area (Å²) < 4.78 is 5.08. The molecule has 1 aliphatic carbocycles. The number of esters is 1. The summed E-state index contributed by atoms with van der Waals surface area (Å²) >= 11 is 0. The topological polar surface area (TPSA) is 81.3 Å². The van der Waals surface area contributed by atoms with Gasteiger partial charge in [-0.05, 0) is 25.8 Å². The van der Waals surface area contributed by atoms with E-state index in [0.717, 1.165) is 24.2 Å². The van der Waals surface area contributed by atoms with Crippen LogP contribution in [0.25, 0.3) is 5.70 Å². The molecule has 2 aliphatic rings. The number of fused-ring (bicyclic) bond motifs is 1. The van der Waals surface area contributed by atoms with Crippen LogP contribution >= 0.6 is 0 Å². The van der Waals surface area contributed by atoms with Crippen molar-refractivity contribution in [2.75, 3.05) is 18.1 Å². The van der Waals surface area contributed by atoms with Gasteiger partial charge in [0.15, 0.2) is 5.82 Å². The maximum atomic E-state index is 12.0. The minimum Gasteiger partial charge on any atom is -0.463 e. The van der Waals surface area contributed by atoms with Crippen LogP contribution in [-0.4, -0.2) is 35.4 Å². The van der Waals surface area contributed by atoms with Crippen molar-refractivity contribution in [1.29, 1.82) is 0 Å². The quantitative estimate of drug-likeness (QED) is 0.805. The molecule has 1 aromatic heterocycles. The van der Waals surface area contributed by atoms with Crippen LogP contribution in [0.4, 0.5) is 5.82 Å². The Morgan fingerprint density at radius 1 is 1.58 bits per heavy atom. The number of nitrogens with two attached hydrogens (primary N) is 1. The van der Waals surface area contributed by atoms with Gasteiger partial charge in [-0.2, -0.15) is 5.10 Å². The predicted octanol–water partition coefficient (Wildman–Crippen LogP) is 0.692. The molecule has 0 radical (unpaired) electrons. The van der Waals surface area contributed by atoms with Crippen LogP contribution < -0.4 is 10.6 Å². The smallest absolute Gasteiger partial charge is 0.337 e. The summed E-state index contributed by atoms with van der Waals surface area (Å²) in [6.45, 7) is 2.59. The zero-order valence-electron chi connectivity index (χ0n) is 10.8. The molecule has 1 fully saturated rings. The van der Waals surface area contributed by atoms with Crippen LogP contribution in [0.1, 0.15) is 25.3 Å². The molecular weight excluding hydrogens is 244 g/mol. The first-order valence-electron chi connectivity index (χ1n) is 6.46. The van der Waals surface area contributed by atoms with Crippen molar-refractivity contribution in [3.05, 3.63) is 23.4 Å². The second kappa shape index (κ2) is 4.53. The molecule has 0 bridgehead atoms. The number of nitrogens with zero attached hydrogens (tertiary/aromatic N) is 3. The molecule has 2 heterocycles. The van der Waals surface area contributed by atoms with Crippen LogP contribution in [0.15, 0.2) is 17.8 Å². The molecule has 1 aromatic rings.